The third-order valence-electron chi connectivity index (χ3n) is 5.71. The Bertz CT molecular complexity index is 973. The van der Waals surface area contributed by atoms with Crippen LogP contribution in [0.3, 0.4) is 0 Å². The summed E-state index contributed by atoms with van der Waals surface area (Å²) in [4.78, 5) is 13.1. The van der Waals surface area contributed by atoms with E-state index in [0.717, 1.165) is 44.1 Å². The Labute approximate surface area is 166 Å². The lowest BCUT2D eigenvalue weighted by atomic mass is 9.87. The summed E-state index contributed by atoms with van der Waals surface area (Å²) < 4.78 is 27.3. The van der Waals surface area contributed by atoms with Gasteiger partial charge in [0.05, 0.1) is 10.4 Å². The van der Waals surface area contributed by atoms with Crippen LogP contribution in [0.2, 0.25) is 0 Å². The highest BCUT2D eigenvalue weighted by molar-refractivity contribution is 7.89. The summed E-state index contributed by atoms with van der Waals surface area (Å²) >= 11 is 0. The van der Waals surface area contributed by atoms with Crippen LogP contribution >= 0.6 is 0 Å². The van der Waals surface area contributed by atoms with Crippen LogP contribution < -0.4 is 10.0 Å². The highest BCUT2D eigenvalue weighted by atomic mass is 32.2. The molecule has 0 aromatic heterocycles. The van der Waals surface area contributed by atoms with Gasteiger partial charge in [-0.05, 0) is 62.4 Å². The number of carbonyl (C=O) groups is 1. The van der Waals surface area contributed by atoms with Gasteiger partial charge >= 0.3 is 0 Å². The quantitative estimate of drug-likeness (QED) is 0.780. The normalized spacial score (nSPS) is 18.8. The standard InChI is InChI=1S/C22H26N2O3S/c1-16-5-4-6-18(15-16)22(13-2-3-14-22)23-21(25)17-7-11-20(12-8-17)28(26,27)24-19-9-10-19/h4-8,11-12,15,19,24H,2-3,9-10,13-14H2,1H3,(H,23,25). The highest BCUT2D eigenvalue weighted by Crippen LogP contribution is 2.39. The molecule has 0 unspecified atom stereocenters. The van der Waals surface area contributed by atoms with Gasteiger partial charge in [-0.15, -0.1) is 0 Å². The Balaban J connectivity index is 1.53. The minimum absolute atomic E-state index is 0.0597. The predicted octanol–water partition coefficient (Wildman–Crippen LogP) is 3.64. The second kappa shape index (κ2) is 7.33. The molecule has 2 aliphatic rings. The van der Waals surface area contributed by atoms with E-state index < -0.39 is 10.0 Å². The van der Waals surface area contributed by atoms with Gasteiger partial charge < -0.3 is 5.32 Å². The molecule has 5 nitrogen and oxygen atoms in total. The van der Waals surface area contributed by atoms with Gasteiger partial charge in [0.15, 0.2) is 0 Å². The van der Waals surface area contributed by atoms with Gasteiger partial charge in [0, 0.05) is 11.6 Å². The fourth-order valence-electron chi connectivity index (χ4n) is 3.97. The Hall–Kier alpha value is -2.18. The van der Waals surface area contributed by atoms with E-state index in [0.29, 0.717) is 5.56 Å². The van der Waals surface area contributed by atoms with Crippen LogP contribution in [-0.2, 0) is 15.6 Å². The molecule has 2 aromatic rings. The number of nitrogens with one attached hydrogen (secondary N) is 2. The van der Waals surface area contributed by atoms with Crippen molar-refractivity contribution in [1.29, 1.82) is 0 Å². The van der Waals surface area contributed by atoms with Crippen molar-refractivity contribution in [3.8, 4) is 0 Å². The molecule has 148 valence electrons. The summed E-state index contributed by atoms with van der Waals surface area (Å²) in [7, 11) is -3.50. The fraction of sp³-hybridized carbons (Fsp3) is 0.409. The smallest absolute Gasteiger partial charge is 0.251 e. The van der Waals surface area contributed by atoms with E-state index in [1.165, 1.54) is 17.7 Å². The number of carbonyl (C=O) groups excluding carboxylic acids is 1. The molecule has 2 N–H and O–H groups in total. The fourth-order valence-corrected chi connectivity index (χ4v) is 5.28. The van der Waals surface area contributed by atoms with Gasteiger partial charge in [0.1, 0.15) is 0 Å². The lowest BCUT2D eigenvalue weighted by Gasteiger charge is -2.31. The molecule has 2 aliphatic carbocycles. The van der Waals surface area contributed by atoms with Gasteiger partial charge in [-0.25, -0.2) is 13.1 Å². The minimum Gasteiger partial charge on any atom is -0.343 e. The van der Waals surface area contributed by atoms with Gasteiger partial charge in [-0.2, -0.15) is 0 Å². The zero-order valence-corrected chi connectivity index (χ0v) is 16.9. The van der Waals surface area contributed by atoms with E-state index >= 15 is 0 Å². The highest BCUT2D eigenvalue weighted by Gasteiger charge is 2.37. The Morgan fingerprint density at radius 1 is 1.04 bits per heavy atom. The minimum atomic E-state index is -3.50. The molecule has 2 saturated carbocycles. The molecule has 0 atom stereocenters. The van der Waals surface area contributed by atoms with Crippen LogP contribution in [0.25, 0.3) is 0 Å². The number of hydrogen-bond donors (Lipinski definition) is 2. The average Bonchev–Trinajstić information content (AvgIpc) is 3.35. The summed E-state index contributed by atoms with van der Waals surface area (Å²) in [6.07, 6.45) is 5.78. The van der Waals surface area contributed by atoms with Crippen molar-refractivity contribution in [3.05, 3.63) is 65.2 Å². The maximum Gasteiger partial charge on any atom is 0.251 e. The van der Waals surface area contributed by atoms with Crippen LogP contribution in [-0.4, -0.2) is 20.4 Å². The first-order valence-corrected chi connectivity index (χ1v) is 11.4. The van der Waals surface area contributed by atoms with E-state index in [2.05, 4.69) is 35.2 Å². The van der Waals surface area contributed by atoms with Crippen LogP contribution in [0.1, 0.15) is 60.0 Å². The first-order valence-electron chi connectivity index (χ1n) is 9.90. The Kier molecular flexibility index (Phi) is 5.02. The Morgan fingerprint density at radius 2 is 1.71 bits per heavy atom. The third-order valence-corrected chi connectivity index (χ3v) is 7.24. The predicted molar refractivity (Wildman–Crippen MR) is 109 cm³/mol. The monoisotopic (exact) mass is 398 g/mol. The lowest BCUT2D eigenvalue weighted by Crippen LogP contribution is -2.43. The second-order valence-electron chi connectivity index (χ2n) is 8.03. The molecule has 1 amide bonds. The van der Waals surface area contributed by atoms with Crippen LogP contribution in [0, 0.1) is 6.92 Å². The molecule has 0 radical (unpaired) electrons. The number of rotatable bonds is 6. The number of benzene rings is 2. The molecule has 0 heterocycles. The molecule has 6 heteroatoms. The molecule has 0 bridgehead atoms. The first-order chi connectivity index (χ1) is 13.4. The SMILES string of the molecule is Cc1cccc(C2(NC(=O)c3ccc(S(=O)(=O)NC4CC4)cc3)CCCC2)c1. The topological polar surface area (TPSA) is 75.3 Å². The lowest BCUT2D eigenvalue weighted by molar-refractivity contribution is 0.0898. The van der Waals surface area contributed by atoms with E-state index in [1.54, 1.807) is 12.1 Å². The van der Waals surface area contributed by atoms with E-state index in [-0.39, 0.29) is 22.4 Å². The van der Waals surface area contributed by atoms with Crippen LogP contribution in [0.5, 0.6) is 0 Å². The molecular formula is C22H26N2O3S. The van der Waals surface area contributed by atoms with Crippen molar-refractivity contribution in [1.82, 2.24) is 10.0 Å². The summed E-state index contributed by atoms with van der Waals surface area (Å²) in [6, 6.07) is 14.6. The second-order valence-corrected chi connectivity index (χ2v) is 9.75. The maximum absolute atomic E-state index is 12.9. The van der Waals surface area contributed by atoms with Gasteiger partial charge in [0.2, 0.25) is 10.0 Å². The molecule has 0 saturated heterocycles. The summed E-state index contributed by atoms with van der Waals surface area (Å²) in [6.45, 7) is 2.06. The van der Waals surface area contributed by atoms with E-state index in [1.807, 2.05) is 6.07 Å². The van der Waals surface area contributed by atoms with Gasteiger partial charge in [-0.3, -0.25) is 4.79 Å². The van der Waals surface area contributed by atoms with Crippen molar-refractivity contribution in [2.45, 2.75) is 61.9 Å². The van der Waals surface area contributed by atoms with E-state index in [4.69, 9.17) is 0 Å². The van der Waals surface area contributed by atoms with Gasteiger partial charge in [0.25, 0.3) is 5.91 Å². The molecule has 2 aromatic carbocycles. The molecule has 2 fully saturated rings. The number of aryl methyl sites for hydroxylation is 1. The van der Waals surface area contributed by atoms with Gasteiger partial charge in [-0.1, -0.05) is 42.7 Å². The summed E-state index contributed by atoms with van der Waals surface area (Å²) in [5.74, 6) is -0.164. The zero-order valence-electron chi connectivity index (χ0n) is 16.1. The third kappa shape index (κ3) is 3.98. The first kappa shape index (κ1) is 19.2. The molecule has 28 heavy (non-hydrogen) atoms. The largest absolute Gasteiger partial charge is 0.343 e. The van der Waals surface area contributed by atoms with Crippen molar-refractivity contribution in [2.75, 3.05) is 0 Å². The Morgan fingerprint density at radius 3 is 2.32 bits per heavy atom. The number of hydrogen-bond acceptors (Lipinski definition) is 3. The van der Waals surface area contributed by atoms with Crippen LogP contribution in [0.15, 0.2) is 53.4 Å². The molecule has 4 rings (SSSR count). The molecule has 0 aliphatic heterocycles. The maximum atomic E-state index is 12.9. The van der Waals surface area contributed by atoms with E-state index in [9.17, 15) is 13.2 Å². The zero-order chi connectivity index (χ0) is 19.8. The molecule has 0 spiro atoms. The van der Waals surface area contributed by atoms with Crippen molar-refractivity contribution in [2.24, 2.45) is 0 Å². The number of amides is 1. The van der Waals surface area contributed by atoms with Crippen molar-refractivity contribution < 1.29 is 13.2 Å². The average molecular weight is 399 g/mol. The van der Waals surface area contributed by atoms with Crippen molar-refractivity contribution in [3.63, 3.8) is 0 Å². The van der Waals surface area contributed by atoms with Crippen LogP contribution in [0.4, 0.5) is 0 Å². The summed E-state index contributed by atoms with van der Waals surface area (Å²) in [5.41, 5.74) is 2.45. The number of sulfonamides is 1. The molecular weight excluding hydrogens is 372 g/mol. The van der Waals surface area contributed by atoms with Crippen molar-refractivity contribution >= 4 is 15.9 Å². The summed E-state index contributed by atoms with van der Waals surface area (Å²) in [5, 5.41) is 3.25.